The number of hydrogen-bond acceptors (Lipinski definition) is 1. The van der Waals surface area contributed by atoms with Crippen molar-refractivity contribution in [3.05, 3.63) is 70.1 Å². The van der Waals surface area contributed by atoms with E-state index in [0.29, 0.717) is 17.8 Å². The van der Waals surface area contributed by atoms with Gasteiger partial charge in [-0.25, -0.2) is 0 Å². The van der Waals surface area contributed by atoms with E-state index in [0.717, 1.165) is 0 Å². The molecular formula is C19H17NS. The van der Waals surface area contributed by atoms with E-state index in [1.165, 1.54) is 22.2 Å². The van der Waals surface area contributed by atoms with Crippen LogP contribution < -0.4 is 0 Å². The first kappa shape index (κ1) is 11.8. The van der Waals surface area contributed by atoms with Crippen LogP contribution in [-0.2, 0) is 7.05 Å². The van der Waals surface area contributed by atoms with Crippen molar-refractivity contribution in [1.82, 2.24) is 4.57 Å². The number of aryl methyl sites for hydroxylation is 1. The van der Waals surface area contributed by atoms with Gasteiger partial charge in [0.05, 0.1) is 0 Å². The van der Waals surface area contributed by atoms with E-state index in [-0.39, 0.29) is 0 Å². The smallest absolute Gasteiger partial charge is 0.0483 e. The average molecular weight is 291 g/mol. The minimum Gasteiger partial charge on any atom is -0.347 e. The van der Waals surface area contributed by atoms with Gasteiger partial charge >= 0.3 is 0 Å². The molecule has 3 aromatic rings. The molecule has 1 aromatic carbocycles. The zero-order chi connectivity index (χ0) is 14.0. The van der Waals surface area contributed by atoms with Gasteiger partial charge in [-0.3, -0.25) is 0 Å². The summed E-state index contributed by atoms with van der Waals surface area (Å²) in [6.07, 6.45) is 6.18. The first-order valence-electron chi connectivity index (χ1n) is 7.63. The highest BCUT2D eigenvalue weighted by atomic mass is 32.1. The molecule has 0 aliphatic heterocycles. The Labute approximate surface area is 128 Å². The van der Waals surface area contributed by atoms with Crippen LogP contribution in [0.5, 0.6) is 0 Å². The molecule has 0 saturated carbocycles. The molecule has 0 N–H and O–H groups in total. The molecule has 0 radical (unpaired) electrons. The van der Waals surface area contributed by atoms with Gasteiger partial charge in [0.1, 0.15) is 0 Å². The number of allylic oxidation sites excluding steroid dienone is 2. The number of rotatable bonds is 1. The van der Waals surface area contributed by atoms with Crippen LogP contribution in [0.4, 0.5) is 0 Å². The molecule has 3 atom stereocenters. The summed E-state index contributed by atoms with van der Waals surface area (Å²) in [7, 11) is 2.24. The Morgan fingerprint density at radius 1 is 1.10 bits per heavy atom. The fourth-order valence-corrected chi connectivity index (χ4v) is 5.34. The zero-order valence-corrected chi connectivity index (χ0v) is 12.8. The third-order valence-electron chi connectivity index (χ3n) is 5.25. The molecule has 0 saturated heterocycles. The van der Waals surface area contributed by atoms with Gasteiger partial charge in [0, 0.05) is 40.4 Å². The number of thiophene rings is 1. The molecule has 2 bridgehead atoms. The molecule has 2 heterocycles. The summed E-state index contributed by atoms with van der Waals surface area (Å²) < 4.78 is 2.43. The maximum atomic E-state index is 2.46. The Morgan fingerprint density at radius 2 is 2.00 bits per heavy atom. The molecule has 1 nitrogen and oxygen atoms in total. The number of aromatic nitrogens is 1. The van der Waals surface area contributed by atoms with Gasteiger partial charge in [-0.1, -0.05) is 36.4 Å². The molecule has 2 aliphatic carbocycles. The Kier molecular flexibility index (Phi) is 2.31. The SMILES string of the molecule is Cn1c2c(c3ccccc31)C(c1cccs1)[C@@H]1C=C[C@@H]2C1. The molecule has 0 spiro atoms. The summed E-state index contributed by atoms with van der Waals surface area (Å²) in [5, 5.41) is 3.66. The minimum absolute atomic E-state index is 0.543. The van der Waals surface area contributed by atoms with Crippen molar-refractivity contribution < 1.29 is 0 Å². The highest BCUT2D eigenvalue weighted by Gasteiger charge is 2.40. The van der Waals surface area contributed by atoms with Crippen molar-refractivity contribution in [1.29, 1.82) is 0 Å². The predicted octanol–water partition coefficient (Wildman–Crippen LogP) is 5.05. The maximum absolute atomic E-state index is 2.46. The van der Waals surface area contributed by atoms with Crippen molar-refractivity contribution in [3.63, 3.8) is 0 Å². The lowest BCUT2D eigenvalue weighted by molar-refractivity contribution is 0.491. The fourth-order valence-electron chi connectivity index (χ4n) is 4.43. The van der Waals surface area contributed by atoms with E-state index >= 15 is 0 Å². The van der Waals surface area contributed by atoms with Crippen LogP contribution in [0.15, 0.2) is 53.9 Å². The molecule has 2 aliphatic rings. The quantitative estimate of drug-likeness (QED) is 0.553. The molecule has 21 heavy (non-hydrogen) atoms. The summed E-state index contributed by atoms with van der Waals surface area (Å²) in [6, 6.07) is 13.4. The Morgan fingerprint density at radius 3 is 2.86 bits per heavy atom. The second-order valence-corrected chi connectivity index (χ2v) is 7.24. The molecule has 5 rings (SSSR count). The third kappa shape index (κ3) is 1.46. The molecule has 1 unspecified atom stereocenters. The third-order valence-corrected chi connectivity index (χ3v) is 6.21. The van der Waals surface area contributed by atoms with Crippen LogP contribution in [0.2, 0.25) is 0 Å². The highest BCUT2D eigenvalue weighted by Crippen LogP contribution is 2.54. The molecule has 2 heteroatoms. The summed E-state index contributed by atoms with van der Waals surface area (Å²) in [6.45, 7) is 0. The van der Waals surface area contributed by atoms with Crippen LogP contribution in [0.1, 0.15) is 34.4 Å². The number of nitrogens with zero attached hydrogens (tertiary/aromatic N) is 1. The Hall–Kier alpha value is -1.80. The van der Waals surface area contributed by atoms with E-state index in [1.54, 1.807) is 11.3 Å². The Balaban J connectivity index is 1.89. The normalized spacial score (nSPS) is 26.4. The van der Waals surface area contributed by atoms with E-state index in [4.69, 9.17) is 0 Å². The van der Waals surface area contributed by atoms with Crippen molar-refractivity contribution in [2.75, 3.05) is 0 Å². The summed E-state index contributed by atoms with van der Waals surface area (Å²) in [4.78, 5) is 1.52. The first-order valence-corrected chi connectivity index (χ1v) is 8.51. The van der Waals surface area contributed by atoms with Crippen molar-refractivity contribution in [2.24, 2.45) is 13.0 Å². The maximum Gasteiger partial charge on any atom is 0.0483 e. The van der Waals surface area contributed by atoms with Gasteiger partial charge in [-0.05, 0) is 35.4 Å². The van der Waals surface area contributed by atoms with Crippen LogP contribution >= 0.6 is 11.3 Å². The summed E-state index contributed by atoms with van der Waals surface area (Å²) in [5.41, 5.74) is 4.51. The van der Waals surface area contributed by atoms with Crippen LogP contribution in [0.25, 0.3) is 10.9 Å². The predicted molar refractivity (Wildman–Crippen MR) is 89.1 cm³/mol. The Bertz CT molecular complexity index is 853. The molecule has 2 aromatic heterocycles. The zero-order valence-electron chi connectivity index (χ0n) is 12.0. The largest absolute Gasteiger partial charge is 0.347 e. The number of para-hydroxylation sites is 1. The lowest BCUT2D eigenvalue weighted by Gasteiger charge is -2.30. The summed E-state index contributed by atoms with van der Waals surface area (Å²) in [5.74, 6) is 1.83. The van der Waals surface area contributed by atoms with E-state index < -0.39 is 0 Å². The molecule has 104 valence electrons. The van der Waals surface area contributed by atoms with Crippen molar-refractivity contribution in [2.45, 2.75) is 18.3 Å². The topological polar surface area (TPSA) is 4.93 Å². The van der Waals surface area contributed by atoms with Crippen LogP contribution in [0.3, 0.4) is 0 Å². The fraction of sp³-hybridized carbons (Fsp3) is 0.263. The minimum atomic E-state index is 0.543. The lowest BCUT2D eigenvalue weighted by Crippen LogP contribution is -2.19. The highest BCUT2D eigenvalue weighted by molar-refractivity contribution is 7.10. The van der Waals surface area contributed by atoms with Gasteiger partial charge in [-0.15, -0.1) is 11.3 Å². The van der Waals surface area contributed by atoms with Gasteiger partial charge in [-0.2, -0.15) is 0 Å². The second-order valence-electron chi connectivity index (χ2n) is 6.26. The first-order chi connectivity index (χ1) is 10.3. The van der Waals surface area contributed by atoms with Crippen LogP contribution in [0, 0.1) is 5.92 Å². The average Bonchev–Trinajstić information content (AvgIpc) is 3.22. The van der Waals surface area contributed by atoms with Crippen molar-refractivity contribution >= 4 is 22.2 Å². The lowest BCUT2D eigenvalue weighted by atomic mass is 9.76. The van der Waals surface area contributed by atoms with Gasteiger partial charge < -0.3 is 4.57 Å². The van der Waals surface area contributed by atoms with E-state index in [9.17, 15) is 0 Å². The number of fused-ring (bicyclic) bond motifs is 6. The molecule has 0 fully saturated rings. The number of hydrogen-bond donors (Lipinski definition) is 0. The second kappa shape index (κ2) is 4.11. The molecule has 0 amide bonds. The van der Waals surface area contributed by atoms with E-state index in [1.807, 2.05) is 11.3 Å². The van der Waals surface area contributed by atoms with Gasteiger partial charge in [0.2, 0.25) is 0 Å². The van der Waals surface area contributed by atoms with Crippen LogP contribution in [-0.4, -0.2) is 4.57 Å². The van der Waals surface area contributed by atoms with Gasteiger partial charge in [0.25, 0.3) is 0 Å². The van der Waals surface area contributed by atoms with Crippen molar-refractivity contribution in [3.8, 4) is 0 Å². The number of benzene rings is 1. The standard InChI is InChI=1S/C19H17NS/c1-20-15-6-3-2-5-14(15)18-17(16-7-4-10-21-16)12-8-9-13(11-12)19(18)20/h2-10,12-13,17H,11H2,1H3/t12-,13-,17?/m1/s1. The molecular weight excluding hydrogens is 274 g/mol. The van der Waals surface area contributed by atoms with Gasteiger partial charge in [0.15, 0.2) is 0 Å². The van der Waals surface area contributed by atoms with E-state index in [2.05, 4.69) is 65.5 Å². The monoisotopic (exact) mass is 291 g/mol. The summed E-state index contributed by atoms with van der Waals surface area (Å²) >= 11 is 1.91.